The predicted octanol–water partition coefficient (Wildman–Crippen LogP) is 3.52. The van der Waals surface area contributed by atoms with Crippen LogP contribution in [0.4, 0.5) is 8.78 Å². The summed E-state index contributed by atoms with van der Waals surface area (Å²) in [6.07, 6.45) is 4.24. The molecule has 0 radical (unpaired) electrons. The molecule has 0 saturated carbocycles. The van der Waals surface area contributed by atoms with Gasteiger partial charge in [0.2, 0.25) is 0 Å². The summed E-state index contributed by atoms with van der Waals surface area (Å²) >= 11 is 0. The van der Waals surface area contributed by atoms with E-state index in [0.717, 1.165) is 12.0 Å². The van der Waals surface area contributed by atoms with E-state index in [-0.39, 0.29) is 19.4 Å². The Labute approximate surface area is 173 Å². The Morgan fingerprint density at radius 3 is 2.87 bits per heavy atom. The van der Waals surface area contributed by atoms with E-state index >= 15 is 0 Å². The van der Waals surface area contributed by atoms with Crippen molar-refractivity contribution in [3.8, 4) is 11.3 Å². The zero-order valence-corrected chi connectivity index (χ0v) is 16.8. The maximum absolute atomic E-state index is 13.9. The van der Waals surface area contributed by atoms with Crippen LogP contribution in [0.25, 0.3) is 22.2 Å². The number of piperidine rings is 1. The second-order valence-electron chi connectivity index (χ2n) is 7.66. The van der Waals surface area contributed by atoms with E-state index < -0.39 is 18.4 Å². The topological polar surface area (TPSA) is 71.2 Å². The molecule has 0 aliphatic carbocycles. The van der Waals surface area contributed by atoms with Gasteiger partial charge in [-0.05, 0) is 36.6 Å². The largest absolute Gasteiger partial charge is 0.394 e. The van der Waals surface area contributed by atoms with Gasteiger partial charge in [0, 0.05) is 30.1 Å². The van der Waals surface area contributed by atoms with Gasteiger partial charge in [-0.15, -0.1) is 0 Å². The summed E-state index contributed by atoms with van der Waals surface area (Å²) in [5, 5.41) is 14.0. The lowest BCUT2D eigenvalue weighted by Crippen LogP contribution is -2.45. The van der Waals surface area contributed by atoms with Crippen molar-refractivity contribution in [1.82, 2.24) is 19.7 Å². The highest BCUT2D eigenvalue weighted by atomic mass is 19.3. The summed E-state index contributed by atoms with van der Waals surface area (Å²) in [5.41, 5.74) is 3.29. The number of hydrogen-bond donors (Lipinski definition) is 1. The highest BCUT2D eigenvalue weighted by molar-refractivity contribution is 6.07. The quantitative estimate of drug-likeness (QED) is 0.694. The molecule has 1 amide bonds. The highest BCUT2D eigenvalue weighted by Gasteiger charge is 2.37. The first kappa shape index (κ1) is 20.4. The Kier molecular flexibility index (Phi) is 5.51. The molecule has 8 heteroatoms. The van der Waals surface area contributed by atoms with Crippen LogP contribution in [0.5, 0.6) is 0 Å². The number of pyridine rings is 1. The van der Waals surface area contributed by atoms with E-state index in [9.17, 15) is 13.6 Å². The molecule has 1 aromatic carbocycles. The summed E-state index contributed by atoms with van der Waals surface area (Å²) in [7, 11) is 0. The third kappa shape index (κ3) is 4.05. The standard InChI is InChI=1S/C22H24F2N4O2/c1-2-15-4-5-19-17(10-15)18(21(30)27-7-3-6-22(23,24)14-27)11-20(26-19)16-12-25-28(13-16)8-9-29/h4-5,10-13,29H,2-3,6-9,14H2,1H3. The number of aryl methyl sites for hydroxylation is 1. The highest BCUT2D eigenvalue weighted by Crippen LogP contribution is 2.31. The fourth-order valence-corrected chi connectivity index (χ4v) is 3.85. The number of fused-ring (bicyclic) bond motifs is 1. The first-order chi connectivity index (χ1) is 14.4. The number of halogens is 2. The number of nitrogens with zero attached hydrogens (tertiary/aromatic N) is 4. The van der Waals surface area contributed by atoms with Gasteiger partial charge in [-0.2, -0.15) is 5.10 Å². The molecule has 0 spiro atoms. The van der Waals surface area contributed by atoms with Gasteiger partial charge in [0.25, 0.3) is 11.8 Å². The number of aliphatic hydroxyl groups is 1. The van der Waals surface area contributed by atoms with Gasteiger partial charge in [-0.1, -0.05) is 13.0 Å². The van der Waals surface area contributed by atoms with Gasteiger partial charge >= 0.3 is 0 Å². The minimum Gasteiger partial charge on any atom is -0.394 e. The second kappa shape index (κ2) is 8.10. The Balaban J connectivity index is 1.81. The Bertz CT molecular complexity index is 1080. The molecule has 0 bridgehead atoms. The number of aromatic nitrogens is 3. The minimum atomic E-state index is -2.86. The molecule has 4 rings (SSSR count). The molecule has 1 aliphatic heterocycles. The van der Waals surface area contributed by atoms with Crippen molar-refractivity contribution in [2.45, 2.75) is 38.7 Å². The number of carbonyl (C=O) groups excluding carboxylic acids is 1. The fourth-order valence-electron chi connectivity index (χ4n) is 3.85. The van der Waals surface area contributed by atoms with Gasteiger partial charge in [-0.25, -0.2) is 13.8 Å². The zero-order chi connectivity index (χ0) is 21.3. The Hall–Kier alpha value is -2.87. The van der Waals surface area contributed by atoms with Crippen molar-refractivity contribution < 1.29 is 18.7 Å². The van der Waals surface area contributed by atoms with E-state index in [0.29, 0.717) is 40.8 Å². The monoisotopic (exact) mass is 414 g/mol. The number of aliphatic hydroxyl groups excluding tert-OH is 1. The summed E-state index contributed by atoms with van der Waals surface area (Å²) in [4.78, 5) is 19.2. The van der Waals surface area contributed by atoms with Crippen LogP contribution >= 0.6 is 0 Å². The average molecular weight is 414 g/mol. The molecule has 6 nitrogen and oxygen atoms in total. The molecule has 3 heterocycles. The predicted molar refractivity (Wildman–Crippen MR) is 110 cm³/mol. The van der Waals surface area contributed by atoms with Gasteiger partial charge in [0.1, 0.15) is 0 Å². The molecule has 0 atom stereocenters. The molecule has 1 saturated heterocycles. The molecule has 158 valence electrons. The SMILES string of the molecule is CCc1ccc2nc(-c3cnn(CCO)c3)cc(C(=O)N3CCCC(F)(F)C3)c2c1. The molecule has 2 aromatic heterocycles. The van der Waals surface area contributed by atoms with Crippen molar-refractivity contribution in [1.29, 1.82) is 0 Å². The van der Waals surface area contributed by atoms with Crippen molar-refractivity contribution in [2.24, 2.45) is 0 Å². The van der Waals surface area contributed by atoms with Gasteiger partial charge < -0.3 is 10.0 Å². The molecular formula is C22H24F2N4O2. The molecule has 1 aliphatic rings. The summed E-state index contributed by atoms with van der Waals surface area (Å²) in [5.74, 6) is -3.27. The van der Waals surface area contributed by atoms with Crippen LogP contribution in [0, 0.1) is 0 Å². The smallest absolute Gasteiger partial charge is 0.265 e. The maximum atomic E-state index is 13.9. The zero-order valence-electron chi connectivity index (χ0n) is 16.8. The van der Waals surface area contributed by atoms with Crippen molar-refractivity contribution in [3.63, 3.8) is 0 Å². The van der Waals surface area contributed by atoms with E-state index in [1.54, 1.807) is 23.1 Å². The molecular weight excluding hydrogens is 390 g/mol. The third-order valence-electron chi connectivity index (χ3n) is 5.45. The number of alkyl halides is 2. The molecule has 30 heavy (non-hydrogen) atoms. The lowest BCUT2D eigenvalue weighted by atomic mass is 10.00. The normalized spacial score (nSPS) is 16.2. The number of benzene rings is 1. The molecule has 3 aromatic rings. The minimum absolute atomic E-state index is 0.0427. The maximum Gasteiger partial charge on any atom is 0.265 e. The number of amides is 1. The van der Waals surface area contributed by atoms with E-state index in [1.807, 2.05) is 25.1 Å². The van der Waals surface area contributed by atoms with Crippen LogP contribution in [0.2, 0.25) is 0 Å². The number of rotatable bonds is 5. The van der Waals surface area contributed by atoms with Gasteiger partial charge in [0.15, 0.2) is 0 Å². The Morgan fingerprint density at radius 2 is 2.13 bits per heavy atom. The summed E-state index contributed by atoms with van der Waals surface area (Å²) in [6.45, 7) is 2.08. The van der Waals surface area contributed by atoms with Crippen molar-refractivity contribution >= 4 is 16.8 Å². The van der Waals surface area contributed by atoms with Gasteiger partial charge in [0.05, 0.1) is 42.7 Å². The second-order valence-corrected chi connectivity index (χ2v) is 7.66. The lowest BCUT2D eigenvalue weighted by Gasteiger charge is -2.32. The van der Waals surface area contributed by atoms with Crippen molar-refractivity contribution in [2.75, 3.05) is 19.7 Å². The average Bonchev–Trinajstić information content (AvgIpc) is 3.20. The van der Waals surface area contributed by atoms with E-state index in [4.69, 9.17) is 5.11 Å². The van der Waals surface area contributed by atoms with E-state index in [1.165, 1.54) is 4.90 Å². The molecule has 1 N–H and O–H groups in total. The van der Waals surface area contributed by atoms with Crippen LogP contribution < -0.4 is 0 Å². The number of hydrogen-bond acceptors (Lipinski definition) is 4. The van der Waals surface area contributed by atoms with Gasteiger partial charge in [-0.3, -0.25) is 9.48 Å². The summed E-state index contributed by atoms with van der Waals surface area (Å²) in [6, 6.07) is 7.39. The van der Waals surface area contributed by atoms with Crippen LogP contribution in [0.3, 0.4) is 0 Å². The number of likely N-dealkylation sites (tertiary alicyclic amines) is 1. The van der Waals surface area contributed by atoms with E-state index in [2.05, 4.69) is 10.1 Å². The number of carbonyl (C=O) groups is 1. The van der Waals surface area contributed by atoms with Crippen LogP contribution in [-0.2, 0) is 13.0 Å². The summed E-state index contributed by atoms with van der Waals surface area (Å²) < 4.78 is 29.5. The van der Waals surface area contributed by atoms with Crippen molar-refractivity contribution in [3.05, 3.63) is 47.8 Å². The van der Waals surface area contributed by atoms with Crippen LogP contribution in [0.1, 0.15) is 35.7 Å². The molecule has 0 unspecified atom stereocenters. The Morgan fingerprint density at radius 1 is 1.30 bits per heavy atom. The molecule has 1 fully saturated rings. The lowest BCUT2D eigenvalue weighted by molar-refractivity contribution is -0.0560. The fraction of sp³-hybridized carbons (Fsp3) is 0.409. The van der Waals surface area contributed by atoms with Crippen LogP contribution in [-0.4, -0.2) is 56.3 Å². The first-order valence-corrected chi connectivity index (χ1v) is 10.1. The first-order valence-electron chi connectivity index (χ1n) is 10.1. The third-order valence-corrected chi connectivity index (χ3v) is 5.45. The van der Waals surface area contributed by atoms with Crippen LogP contribution in [0.15, 0.2) is 36.7 Å².